The van der Waals surface area contributed by atoms with Crippen LogP contribution in [0.5, 0.6) is 0 Å². The van der Waals surface area contributed by atoms with Gasteiger partial charge >= 0.3 is 0 Å². The maximum atomic E-state index is 12.5. The summed E-state index contributed by atoms with van der Waals surface area (Å²) in [6, 6.07) is 1.58. The largest absolute Gasteiger partial charge is 0.360 e. The molecule has 0 radical (unpaired) electrons. The third kappa shape index (κ3) is 3.70. The van der Waals surface area contributed by atoms with Gasteiger partial charge in [0.1, 0.15) is 5.76 Å². The standard InChI is InChI=1S/C15H21N5O2S/c1-3-12(14(21)17-13-10-11(2)22-18-13)19-5-7-20(8-6-19)15-16-4-9-23-15/h4,9-10,12H,3,5-8H2,1-2H3,(H,17,18,21)/t12-/m1/s1. The van der Waals surface area contributed by atoms with Crippen molar-refractivity contribution < 1.29 is 9.32 Å². The predicted molar refractivity (Wildman–Crippen MR) is 89.8 cm³/mol. The summed E-state index contributed by atoms with van der Waals surface area (Å²) >= 11 is 1.65. The molecule has 0 aromatic carbocycles. The van der Waals surface area contributed by atoms with E-state index in [1.807, 2.05) is 18.5 Å². The molecule has 1 aliphatic rings. The van der Waals surface area contributed by atoms with Crippen LogP contribution in [0.2, 0.25) is 0 Å². The lowest BCUT2D eigenvalue weighted by Crippen LogP contribution is -2.53. The molecule has 2 aromatic heterocycles. The Morgan fingerprint density at radius 3 is 2.78 bits per heavy atom. The van der Waals surface area contributed by atoms with E-state index in [0.717, 1.165) is 37.7 Å². The Morgan fingerprint density at radius 1 is 1.43 bits per heavy atom. The van der Waals surface area contributed by atoms with Crippen LogP contribution in [0, 0.1) is 6.92 Å². The number of thiazole rings is 1. The Kier molecular flexibility index (Phi) is 4.92. The summed E-state index contributed by atoms with van der Waals surface area (Å²) in [5.74, 6) is 1.14. The third-order valence-electron chi connectivity index (χ3n) is 4.01. The molecule has 0 spiro atoms. The molecule has 1 fully saturated rings. The highest BCUT2D eigenvalue weighted by Crippen LogP contribution is 2.20. The van der Waals surface area contributed by atoms with Gasteiger partial charge in [-0.1, -0.05) is 12.1 Å². The number of aromatic nitrogens is 2. The minimum atomic E-state index is -0.148. The van der Waals surface area contributed by atoms with Crippen molar-refractivity contribution in [1.29, 1.82) is 0 Å². The number of rotatable bonds is 5. The van der Waals surface area contributed by atoms with Crippen molar-refractivity contribution in [1.82, 2.24) is 15.0 Å². The first-order valence-corrected chi connectivity index (χ1v) is 8.68. The second kappa shape index (κ2) is 7.10. The maximum absolute atomic E-state index is 12.5. The second-order valence-electron chi connectivity index (χ2n) is 5.57. The van der Waals surface area contributed by atoms with Crippen molar-refractivity contribution in [3.8, 4) is 0 Å². The van der Waals surface area contributed by atoms with Crippen molar-refractivity contribution >= 4 is 28.2 Å². The zero-order valence-electron chi connectivity index (χ0n) is 13.4. The van der Waals surface area contributed by atoms with Gasteiger partial charge in [0.05, 0.1) is 6.04 Å². The summed E-state index contributed by atoms with van der Waals surface area (Å²) in [6.45, 7) is 7.32. The lowest BCUT2D eigenvalue weighted by atomic mass is 10.1. The molecule has 1 saturated heterocycles. The number of aryl methyl sites for hydroxylation is 1. The molecule has 1 atom stereocenters. The van der Waals surface area contributed by atoms with Gasteiger partial charge < -0.3 is 14.7 Å². The summed E-state index contributed by atoms with van der Waals surface area (Å²) in [6.07, 6.45) is 2.59. The van der Waals surface area contributed by atoms with Gasteiger partial charge in [-0.15, -0.1) is 11.3 Å². The van der Waals surface area contributed by atoms with E-state index in [4.69, 9.17) is 4.52 Å². The van der Waals surface area contributed by atoms with Crippen LogP contribution in [-0.2, 0) is 4.79 Å². The van der Waals surface area contributed by atoms with E-state index in [2.05, 4.69) is 25.3 Å². The summed E-state index contributed by atoms with van der Waals surface area (Å²) in [5, 5.41) is 9.71. The van der Waals surface area contributed by atoms with Gasteiger partial charge in [-0.25, -0.2) is 4.98 Å². The minimum absolute atomic E-state index is 0.0245. The van der Waals surface area contributed by atoms with Crippen LogP contribution < -0.4 is 10.2 Å². The third-order valence-corrected chi connectivity index (χ3v) is 4.85. The van der Waals surface area contributed by atoms with Crippen LogP contribution in [0.3, 0.4) is 0 Å². The number of nitrogens with zero attached hydrogens (tertiary/aromatic N) is 4. The molecular weight excluding hydrogens is 314 g/mol. The van der Waals surface area contributed by atoms with Crippen LogP contribution >= 0.6 is 11.3 Å². The zero-order valence-corrected chi connectivity index (χ0v) is 14.2. The van der Waals surface area contributed by atoms with Gasteiger partial charge in [0.25, 0.3) is 0 Å². The van der Waals surface area contributed by atoms with Gasteiger partial charge in [0, 0.05) is 43.8 Å². The monoisotopic (exact) mass is 335 g/mol. The predicted octanol–water partition coefficient (Wildman–Crippen LogP) is 1.98. The zero-order chi connectivity index (χ0) is 16.2. The molecule has 8 heteroatoms. The lowest BCUT2D eigenvalue weighted by Gasteiger charge is -2.38. The Morgan fingerprint density at radius 2 is 2.22 bits per heavy atom. The highest BCUT2D eigenvalue weighted by Gasteiger charge is 2.28. The van der Waals surface area contributed by atoms with Gasteiger partial charge in [0.15, 0.2) is 10.9 Å². The first-order chi connectivity index (χ1) is 11.2. The Bertz CT molecular complexity index is 634. The fourth-order valence-corrected chi connectivity index (χ4v) is 3.54. The summed E-state index contributed by atoms with van der Waals surface area (Å²) in [5.41, 5.74) is 0. The average Bonchev–Trinajstić information content (AvgIpc) is 3.21. The van der Waals surface area contributed by atoms with E-state index < -0.39 is 0 Å². The van der Waals surface area contributed by atoms with Crippen LogP contribution in [0.15, 0.2) is 22.2 Å². The second-order valence-corrected chi connectivity index (χ2v) is 6.45. The van der Waals surface area contributed by atoms with Gasteiger partial charge in [0.2, 0.25) is 5.91 Å². The van der Waals surface area contributed by atoms with Crippen molar-refractivity contribution in [2.75, 3.05) is 36.4 Å². The number of amides is 1. The van der Waals surface area contributed by atoms with E-state index in [0.29, 0.717) is 11.6 Å². The van der Waals surface area contributed by atoms with Gasteiger partial charge in [-0.3, -0.25) is 9.69 Å². The molecule has 23 heavy (non-hydrogen) atoms. The fourth-order valence-electron chi connectivity index (χ4n) is 2.84. The van der Waals surface area contributed by atoms with E-state index >= 15 is 0 Å². The van der Waals surface area contributed by atoms with Crippen LogP contribution in [0.25, 0.3) is 0 Å². The van der Waals surface area contributed by atoms with Crippen molar-refractivity contribution in [2.45, 2.75) is 26.3 Å². The molecule has 1 N–H and O–H groups in total. The van der Waals surface area contributed by atoms with E-state index in [1.54, 1.807) is 24.3 Å². The summed E-state index contributed by atoms with van der Waals surface area (Å²) in [4.78, 5) is 21.4. The fraction of sp³-hybridized carbons (Fsp3) is 0.533. The number of anilines is 2. The topological polar surface area (TPSA) is 74.5 Å². The first kappa shape index (κ1) is 15.9. The number of piperazine rings is 1. The summed E-state index contributed by atoms with van der Waals surface area (Å²) < 4.78 is 4.99. The van der Waals surface area contributed by atoms with E-state index in [1.165, 1.54) is 0 Å². The van der Waals surface area contributed by atoms with Crippen molar-refractivity contribution in [3.63, 3.8) is 0 Å². The number of hydrogen-bond donors (Lipinski definition) is 1. The SMILES string of the molecule is CC[C@H](C(=O)Nc1cc(C)on1)N1CCN(c2nccs2)CC1. The number of nitrogens with one attached hydrogen (secondary N) is 1. The molecule has 3 heterocycles. The normalized spacial score (nSPS) is 17.2. The van der Waals surface area contributed by atoms with Crippen LogP contribution in [-0.4, -0.2) is 53.2 Å². The maximum Gasteiger partial charge on any atom is 0.242 e. The first-order valence-electron chi connectivity index (χ1n) is 7.80. The Labute approximate surface area is 139 Å². The summed E-state index contributed by atoms with van der Waals surface area (Å²) in [7, 11) is 0. The van der Waals surface area contributed by atoms with Crippen LogP contribution in [0.4, 0.5) is 10.9 Å². The molecule has 124 valence electrons. The quantitative estimate of drug-likeness (QED) is 0.900. The number of carbonyl (C=O) groups is 1. The Hall–Kier alpha value is -1.93. The highest BCUT2D eigenvalue weighted by molar-refractivity contribution is 7.13. The van der Waals surface area contributed by atoms with Gasteiger partial charge in [-0.2, -0.15) is 0 Å². The molecule has 2 aromatic rings. The van der Waals surface area contributed by atoms with Crippen molar-refractivity contribution in [2.24, 2.45) is 0 Å². The number of hydrogen-bond acceptors (Lipinski definition) is 7. The molecule has 1 amide bonds. The smallest absolute Gasteiger partial charge is 0.242 e. The highest BCUT2D eigenvalue weighted by atomic mass is 32.1. The van der Waals surface area contributed by atoms with Gasteiger partial charge in [-0.05, 0) is 13.3 Å². The molecule has 3 rings (SSSR count). The molecule has 0 bridgehead atoms. The lowest BCUT2D eigenvalue weighted by molar-refractivity contribution is -0.121. The van der Waals surface area contributed by atoms with E-state index in [-0.39, 0.29) is 11.9 Å². The Balaban J connectivity index is 1.57. The van der Waals surface area contributed by atoms with E-state index in [9.17, 15) is 4.79 Å². The molecule has 1 aliphatic heterocycles. The molecule has 7 nitrogen and oxygen atoms in total. The average molecular weight is 335 g/mol. The molecular formula is C15H21N5O2S. The van der Waals surface area contributed by atoms with Crippen molar-refractivity contribution in [3.05, 3.63) is 23.4 Å². The van der Waals surface area contributed by atoms with Crippen LogP contribution in [0.1, 0.15) is 19.1 Å². The molecule has 0 saturated carbocycles. The molecule has 0 unspecified atom stereocenters. The molecule has 0 aliphatic carbocycles. The minimum Gasteiger partial charge on any atom is -0.360 e. The number of carbonyl (C=O) groups excluding carboxylic acids is 1.